The predicted octanol–water partition coefficient (Wildman–Crippen LogP) is 5.52. The molecule has 3 aromatic rings. The van der Waals surface area contributed by atoms with Gasteiger partial charge in [0.2, 0.25) is 6.43 Å². The fraction of sp³-hybridized carbons (Fsp3) is 0.143. The second-order valence-electron chi connectivity index (χ2n) is 6.90. The number of nitrogens with two attached hydrogens (primary N) is 1. The van der Waals surface area contributed by atoms with Gasteiger partial charge in [-0.15, -0.1) is 0 Å². The molecule has 9 heteroatoms. The largest absolute Gasteiger partial charge is 0.416 e. The van der Waals surface area contributed by atoms with Crippen molar-refractivity contribution in [2.45, 2.75) is 19.0 Å². The first-order valence-corrected chi connectivity index (χ1v) is 8.74. The zero-order valence-corrected chi connectivity index (χ0v) is 15.1. The van der Waals surface area contributed by atoms with E-state index in [0.717, 1.165) is 12.1 Å². The summed E-state index contributed by atoms with van der Waals surface area (Å²) in [5, 5.41) is 8.81. The molecular formula is C21H13F6N3. The number of hydrogen-bond acceptors (Lipinski definition) is 2. The molecule has 4 rings (SSSR count). The number of benzene rings is 3. The van der Waals surface area contributed by atoms with Crippen LogP contribution in [0.15, 0.2) is 47.5 Å². The van der Waals surface area contributed by atoms with Crippen LogP contribution < -0.4 is 5.73 Å². The Labute approximate surface area is 166 Å². The van der Waals surface area contributed by atoms with E-state index in [1.807, 2.05) is 0 Å². The third-order valence-corrected chi connectivity index (χ3v) is 4.85. The van der Waals surface area contributed by atoms with Crippen LogP contribution in [-0.4, -0.2) is 18.1 Å². The van der Waals surface area contributed by atoms with Gasteiger partial charge < -0.3 is 5.73 Å². The average molecular weight is 421 g/mol. The highest BCUT2D eigenvalue weighted by Gasteiger charge is 2.33. The number of alkyl halides is 5. The van der Waals surface area contributed by atoms with Crippen molar-refractivity contribution in [3.63, 3.8) is 0 Å². The van der Waals surface area contributed by atoms with Crippen molar-refractivity contribution in [2.75, 3.05) is 0 Å². The van der Waals surface area contributed by atoms with E-state index in [-0.39, 0.29) is 39.3 Å². The summed E-state index contributed by atoms with van der Waals surface area (Å²) < 4.78 is 80.2. The standard InChI is InChI=1S/C21H13F6N3/c22-13-2-1-10-7-15-18(20(29)30-19(15)28)17(14(10)8-13)11-3-9(5-16(23)24)4-12(6-11)21(25,26)27/h1-4,6-8,16H,5H2,(H3,28,29,30). The van der Waals surface area contributed by atoms with Crippen molar-refractivity contribution in [3.05, 3.63) is 70.5 Å². The van der Waals surface area contributed by atoms with Crippen LogP contribution in [0, 0.1) is 11.2 Å². The molecule has 0 spiro atoms. The van der Waals surface area contributed by atoms with Crippen LogP contribution in [-0.2, 0) is 12.6 Å². The SMILES string of the molecule is N=C1N=C(N)c2cc3ccc(F)cc3c(-c3cc(CC(F)F)cc(C(F)(F)F)c3)c21. The number of nitrogens with zero attached hydrogens (tertiary/aromatic N) is 1. The van der Waals surface area contributed by atoms with Crippen molar-refractivity contribution in [1.82, 2.24) is 0 Å². The molecule has 0 saturated heterocycles. The lowest BCUT2D eigenvalue weighted by Gasteiger charge is -2.17. The first-order chi connectivity index (χ1) is 14.0. The summed E-state index contributed by atoms with van der Waals surface area (Å²) in [6.45, 7) is 0. The van der Waals surface area contributed by atoms with E-state index < -0.39 is 30.4 Å². The highest BCUT2D eigenvalue weighted by Crippen LogP contribution is 2.40. The highest BCUT2D eigenvalue weighted by molar-refractivity contribution is 6.26. The summed E-state index contributed by atoms with van der Waals surface area (Å²) >= 11 is 0. The summed E-state index contributed by atoms with van der Waals surface area (Å²) in [5.74, 6) is -0.930. The zero-order valence-electron chi connectivity index (χ0n) is 15.1. The number of nitrogens with one attached hydrogen (secondary N) is 1. The van der Waals surface area contributed by atoms with Crippen LogP contribution in [0.5, 0.6) is 0 Å². The van der Waals surface area contributed by atoms with E-state index in [1.165, 1.54) is 18.2 Å². The Morgan fingerprint density at radius 2 is 1.73 bits per heavy atom. The average Bonchev–Trinajstić information content (AvgIpc) is 2.92. The van der Waals surface area contributed by atoms with Gasteiger partial charge in [-0.05, 0) is 52.2 Å². The van der Waals surface area contributed by atoms with Crippen LogP contribution in [0.3, 0.4) is 0 Å². The molecule has 3 aromatic carbocycles. The number of halogens is 6. The van der Waals surface area contributed by atoms with Gasteiger partial charge >= 0.3 is 6.18 Å². The first kappa shape index (κ1) is 19.9. The molecule has 0 amide bonds. The number of rotatable bonds is 3. The van der Waals surface area contributed by atoms with Crippen molar-refractivity contribution >= 4 is 22.4 Å². The summed E-state index contributed by atoms with van der Waals surface area (Å²) in [7, 11) is 0. The van der Waals surface area contributed by atoms with Crippen molar-refractivity contribution in [2.24, 2.45) is 10.7 Å². The molecule has 0 aromatic heterocycles. The predicted molar refractivity (Wildman–Crippen MR) is 102 cm³/mol. The molecule has 3 N–H and O–H groups in total. The maximum atomic E-state index is 14.0. The molecule has 0 radical (unpaired) electrons. The number of aliphatic imine (C=N–C) groups is 1. The molecule has 0 fully saturated rings. The quantitative estimate of drug-likeness (QED) is 0.538. The molecule has 3 nitrogen and oxygen atoms in total. The normalized spacial score (nSPS) is 13.8. The molecule has 154 valence electrons. The van der Waals surface area contributed by atoms with Gasteiger partial charge in [0.25, 0.3) is 0 Å². The van der Waals surface area contributed by atoms with E-state index in [9.17, 15) is 26.3 Å². The molecule has 0 bridgehead atoms. The molecule has 30 heavy (non-hydrogen) atoms. The van der Waals surface area contributed by atoms with Gasteiger partial charge in [0.15, 0.2) is 5.84 Å². The minimum Gasteiger partial charge on any atom is -0.383 e. The zero-order chi connectivity index (χ0) is 21.8. The Morgan fingerprint density at radius 1 is 1.00 bits per heavy atom. The van der Waals surface area contributed by atoms with Crippen molar-refractivity contribution in [3.8, 4) is 11.1 Å². The first-order valence-electron chi connectivity index (χ1n) is 8.74. The van der Waals surface area contributed by atoms with Gasteiger partial charge in [-0.2, -0.15) is 13.2 Å². The highest BCUT2D eigenvalue weighted by atomic mass is 19.4. The lowest BCUT2D eigenvalue weighted by Crippen LogP contribution is -2.11. The van der Waals surface area contributed by atoms with Crippen LogP contribution in [0.4, 0.5) is 26.3 Å². The molecule has 1 aliphatic heterocycles. The minimum absolute atomic E-state index is 0.00209. The molecule has 0 unspecified atom stereocenters. The summed E-state index contributed by atoms with van der Waals surface area (Å²) in [6.07, 6.45) is -8.52. The van der Waals surface area contributed by atoms with E-state index in [1.54, 1.807) is 6.07 Å². The number of hydrogen-bond donors (Lipinski definition) is 2. The van der Waals surface area contributed by atoms with Crippen LogP contribution >= 0.6 is 0 Å². The fourth-order valence-corrected chi connectivity index (χ4v) is 3.65. The topological polar surface area (TPSA) is 62.2 Å². The molecule has 1 aliphatic rings. The Morgan fingerprint density at radius 3 is 2.40 bits per heavy atom. The smallest absolute Gasteiger partial charge is 0.383 e. The van der Waals surface area contributed by atoms with E-state index in [4.69, 9.17) is 11.1 Å². The minimum atomic E-state index is -4.78. The van der Waals surface area contributed by atoms with Gasteiger partial charge in [-0.3, -0.25) is 5.41 Å². The third kappa shape index (κ3) is 3.40. The van der Waals surface area contributed by atoms with Gasteiger partial charge in [-0.25, -0.2) is 18.2 Å². The Bertz CT molecular complexity index is 1230. The lowest BCUT2D eigenvalue weighted by atomic mass is 9.88. The maximum Gasteiger partial charge on any atom is 0.416 e. The van der Waals surface area contributed by atoms with E-state index in [2.05, 4.69) is 4.99 Å². The van der Waals surface area contributed by atoms with Crippen LogP contribution in [0.25, 0.3) is 21.9 Å². The van der Waals surface area contributed by atoms with Gasteiger partial charge in [0, 0.05) is 23.1 Å². The Kier molecular flexibility index (Phi) is 4.56. The fourth-order valence-electron chi connectivity index (χ4n) is 3.65. The summed E-state index contributed by atoms with van der Waals surface area (Å²) in [6, 6.07) is 7.97. The molecule has 0 atom stereocenters. The second kappa shape index (κ2) is 6.86. The lowest BCUT2D eigenvalue weighted by molar-refractivity contribution is -0.137. The molecule has 0 saturated carbocycles. The number of amidine groups is 2. The molecule has 0 aliphatic carbocycles. The van der Waals surface area contributed by atoms with Crippen LogP contribution in [0.1, 0.15) is 22.3 Å². The van der Waals surface area contributed by atoms with Gasteiger partial charge in [0.1, 0.15) is 11.7 Å². The maximum absolute atomic E-state index is 14.0. The Hall–Kier alpha value is -3.36. The summed E-state index contributed by atoms with van der Waals surface area (Å²) in [5.41, 5.74) is 5.00. The van der Waals surface area contributed by atoms with Crippen molar-refractivity contribution in [1.29, 1.82) is 5.41 Å². The molecular weight excluding hydrogens is 408 g/mol. The van der Waals surface area contributed by atoms with Crippen molar-refractivity contribution < 1.29 is 26.3 Å². The number of fused-ring (bicyclic) bond motifs is 2. The van der Waals surface area contributed by atoms with Gasteiger partial charge in [0.05, 0.1) is 5.56 Å². The Balaban J connectivity index is 2.10. The van der Waals surface area contributed by atoms with Gasteiger partial charge in [-0.1, -0.05) is 12.1 Å². The molecule has 1 heterocycles. The van der Waals surface area contributed by atoms with E-state index in [0.29, 0.717) is 17.0 Å². The van der Waals surface area contributed by atoms with E-state index >= 15 is 0 Å². The summed E-state index contributed by atoms with van der Waals surface area (Å²) in [4.78, 5) is 3.87. The van der Waals surface area contributed by atoms with Crippen LogP contribution in [0.2, 0.25) is 0 Å². The second-order valence-corrected chi connectivity index (χ2v) is 6.90. The third-order valence-electron chi connectivity index (χ3n) is 4.85. The monoisotopic (exact) mass is 421 g/mol.